The van der Waals surface area contributed by atoms with Crippen LogP contribution in [0, 0.1) is 0 Å². The lowest BCUT2D eigenvalue weighted by atomic mass is 10.1. The number of aliphatic hydroxyl groups is 1. The molecule has 2 aromatic carbocycles. The highest BCUT2D eigenvalue weighted by molar-refractivity contribution is 7.52. The number of nitrogen functional groups attached to an aromatic ring is 1. The first kappa shape index (κ1) is 27.3. The van der Waals surface area contributed by atoms with E-state index in [-0.39, 0.29) is 29.9 Å². The predicted octanol–water partition coefficient (Wildman–Crippen LogP) is 3.22. The van der Waals surface area contributed by atoms with Crippen molar-refractivity contribution in [1.29, 1.82) is 0 Å². The van der Waals surface area contributed by atoms with Gasteiger partial charge < -0.3 is 24.8 Å². The standard InChI is InChI=1S/C24H26ClN6O7P/c1-13(23(33)35-2)30-39(34,38-17-9-5-7-14-6-3-4-8-15(14)17)36-11-18-16(32)10-19(37-18)31-12-27-20-21(26)28-24(25)29-22(20)31/h3-9,12-13,16,18-19,32H,10-11H2,1-2H3,(H,30,34)(H2,26,28,29)/t13-,16+,18-,19-,39?/m1/s1. The van der Waals surface area contributed by atoms with Gasteiger partial charge in [-0.1, -0.05) is 36.4 Å². The van der Waals surface area contributed by atoms with Crippen LogP contribution in [0.15, 0.2) is 48.8 Å². The molecule has 1 fully saturated rings. The second kappa shape index (κ2) is 11.0. The molecule has 13 nitrogen and oxygen atoms in total. The smallest absolute Gasteiger partial charge is 0.459 e. The molecule has 0 amide bonds. The minimum Gasteiger partial charge on any atom is -0.468 e. The molecular formula is C24H26ClN6O7P. The molecule has 15 heteroatoms. The number of ether oxygens (including phenoxy) is 2. The quantitative estimate of drug-likeness (QED) is 0.151. The van der Waals surface area contributed by atoms with Crippen molar-refractivity contribution >= 4 is 53.1 Å². The number of esters is 1. The molecule has 0 aliphatic carbocycles. The monoisotopic (exact) mass is 576 g/mol. The fraction of sp³-hybridized carbons (Fsp3) is 0.333. The highest BCUT2D eigenvalue weighted by Crippen LogP contribution is 2.47. The van der Waals surface area contributed by atoms with Crippen LogP contribution in [0.25, 0.3) is 21.9 Å². The van der Waals surface area contributed by atoms with Crippen LogP contribution >= 0.6 is 19.3 Å². The first-order valence-electron chi connectivity index (χ1n) is 11.9. The Morgan fingerprint density at radius 1 is 1.31 bits per heavy atom. The van der Waals surface area contributed by atoms with Crippen LogP contribution in [-0.2, 0) is 23.4 Å². The summed E-state index contributed by atoms with van der Waals surface area (Å²) in [6.45, 7) is 1.14. The fourth-order valence-corrected chi connectivity index (χ4v) is 5.98. The maximum atomic E-state index is 13.9. The molecule has 2 aromatic heterocycles. The second-order valence-electron chi connectivity index (χ2n) is 8.87. The number of halogens is 1. The van der Waals surface area contributed by atoms with Gasteiger partial charge in [0.05, 0.1) is 26.1 Å². The van der Waals surface area contributed by atoms with Gasteiger partial charge in [-0.05, 0) is 30.0 Å². The van der Waals surface area contributed by atoms with Gasteiger partial charge in [0.1, 0.15) is 29.6 Å². The SMILES string of the molecule is COC(=O)[C@@H](C)NP(=O)(OC[C@H]1O[C@@H](n2cnc3c(N)nc(Cl)nc32)C[C@@H]1O)Oc1cccc2ccccc12. The third kappa shape index (κ3) is 5.69. The number of hydrogen-bond acceptors (Lipinski definition) is 11. The number of anilines is 1. The van der Waals surface area contributed by atoms with E-state index in [4.69, 9.17) is 35.9 Å². The van der Waals surface area contributed by atoms with Crippen molar-refractivity contribution in [3.05, 3.63) is 54.1 Å². The first-order chi connectivity index (χ1) is 18.7. The molecule has 5 rings (SSSR count). The Morgan fingerprint density at radius 3 is 2.87 bits per heavy atom. The summed E-state index contributed by atoms with van der Waals surface area (Å²) in [4.78, 5) is 24.3. The van der Waals surface area contributed by atoms with E-state index in [1.54, 1.807) is 16.7 Å². The number of aromatic nitrogens is 4. The van der Waals surface area contributed by atoms with Gasteiger partial charge in [-0.15, -0.1) is 0 Å². The number of rotatable bonds is 9. The van der Waals surface area contributed by atoms with Crippen molar-refractivity contribution in [2.24, 2.45) is 0 Å². The Hall–Kier alpha value is -3.32. The minimum absolute atomic E-state index is 0.0579. The van der Waals surface area contributed by atoms with Crippen molar-refractivity contribution in [2.75, 3.05) is 19.5 Å². The molecule has 1 saturated heterocycles. The number of methoxy groups -OCH3 is 1. The van der Waals surface area contributed by atoms with Crippen molar-refractivity contribution < 1.29 is 33.0 Å². The average Bonchev–Trinajstić information content (AvgIpc) is 3.50. The summed E-state index contributed by atoms with van der Waals surface area (Å²) < 4.78 is 37.8. The Labute approximate surface area is 227 Å². The number of hydrogen-bond donors (Lipinski definition) is 3. The number of carbonyl (C=O) groups is 1. The van der Waals surface area contributed by atoms with Crippen molar-refractivity contribution in [1.82, 2.24) is 24.6 Å². The van der Waals surface area contributed by atoms with Gasteiger partial charge in [-0.25, -0.2) is 9.55 Å². The minimum atomic E-state index is -4.20. The predicted molar refractivity (Wildman–Crippen MR) is 142 cm³/mol. The van der Waals surface area contributed by atoms with Crippen LogP contribution in [0.4, 0.5) is 5.82 Å². The summed E-state index contributed by atoms with van der Waals surface area (Å²) in [5, 5.41) is 14.8. The number of nitrogens with zero attached hydrogens (tertiary/aromatic N) is 4. The van der Waals surface area contributed by atoms with E-state index in [0.29, 0.717) is 16.6 Å². The molecule has 1 aliphatic heterocycles. The van der Waals surface area contributed by atoms with Gasteiger partial charge in [0.15, 0.2) is 11.5 Å². The topological polar surface area (TPSA) is 173 Å². The number of imidazole rings is 1. The molecule has 39 heavy (non-hydrogen) atoms. The summed E-state index contributed by atoms with van der Waals surface area (Å²) in [6, 6.07) is 11.6. The van der Waals surface area contributed by atoms with Gasteiger partial charge in [0, 0.05) is 11.8 Å². The summed E-state index contributed by atoms with van der Waals surface area (Å²) in [6.07, 6.45) is -0.973. The van der Waals surface area contributed by atoms with Crippen LogP contribution in [-0.4, -0.2) is 62.6 Å². The lowest BCUT2D eigenvalue weighted by molar-refractivity contribution is -0.142. The molecule has 0 radical (unpaired) electrons. The zero-order valence-electron chi connectivity index (χ0n) is 20.9. The highest BCUT2D eigenvalue weighted by atomic mass is 35.5. The Kier molecular flexibility index (Phi) is 7.72. The molecule has 5 atom stereocenters. The number of nitrogens with one attached hydrogen (secondary N) is 1. The van der Waals surface area contributed by atoms with Crippen LogP contribution in [0.5, 0.6) is 5.75 Å². The van der Waals surface area contributed by atoms with Gasteiger partial charge in [0.2, 0.25) is 5.28 Å². The van der Waals surface area contributed by atoms with E-state index in [1.807, 2.05) is 30.3 Å². The van der Waals surface area contributed by atoms with Gasteiger partial charge in [-0.3, -0.25) is 13.9 Å². The fourth-order valence-electron chi connectivity index (χ4n) is 4.29. The van der Waals surface area contributed by atoms with E-state index in [9.17, 15) is 14.5 Å². The van der Waals surface area contributed by atoms with Crippen LogP contribution in [0.1, 0.15) is 19.6 Å². The van der Waals surface area contributed by atoms with E-state index in [1.165, 1.54) is 20.4 Å². The number of nitrogens with two attached hydrogens (primary N) is 1. The molecule has 0 spiro atoms. The van der Waals surface area contributed by atoms with E-state index in [2.05, 4.69) is 20.0 Å². The van der Waals surface area contributed by atoms with Crippen LogP contribution < -0.4 is 15.3 Å². The summed E-state index contributed by atoms with van der Waals surface area (Å²) in [5.41, 5.74) is 6.56. The lowest BCUT2D eigenvalue weighted by Crippen LogP contribution is -2.36. The molecule has 3 heterocycles. The Balaban J connectivity index is 1.36. The zero-order valence-corrected chi connectivity index (χ0v) is 22.6. The molecule has 0 saturated carbocycles. The van der Waals surface area contributed by atoms with E-state index in [0.717, 1.165) is 5.39 Å². The van der Waals surface area contributed by atoms with Gasteiger partial charge in [0.25, 0.3) is 0 Å². The lowest BCUT2D eigenvalue weighted by Gasteiger charge is -2.25. The Bertz CT molecular complexity index is 1560. The number of aliphatic hydroxyl groups excluding tert-OH is 1. The maximum absolute atomic E-state index is 13.9. The summed E-state index contributed by atoms with van der Waals surface area (Å²) in [5.74, 6) is -0.269. The molecular weight excluding hydrogens is 551 g/mol. The largest absolute Gasteiger partial charge is 0.468 e. The second-order valence-corrected chi connectivity index (χ2v) is 10.9. The van der Waals surface area contributed by atoms with Crippen molar-refractivity contribution in [3.63, 3.8) is 0 Å². The third-order valence-corrected chi connectivity index (χ3v) is 8.02. The maximum Gasteiger partial charge on any atom is 0.459 e. The normalized spacial score (nSPS) is 21.6. The first-order valence-corrected chi connectivity index (χ1v) is 13.9. The Morgan fingerprint density at radius 2 is 2.08 bits per heavy atom. The summed E-state index contributed by atoms with van der Waals surface area (Å²) >= 11 is 5.96. The highest BCUT2D eigenvalue weighted by Gasteiger charge is 2.40. The van der Waals surface area contributed by atoms with Crippen molar-refractivity contribution in [3.8, 4) is 5.75 Å². The number of carbonyl (C=O) groups excluding carboxylic acids is 1. The third-order valence-electron chi connectivity index (χ3n) is 6.22. The molecule has 206 valence electrons. The number of benzene rings is 2. The molecule has 4 N–H and O–H groups in total. The van der Waals surface area contributed by atoms with Crippen LogP contribution in [0.2, 0.25) is 5.28 Å². The molecule has 1 aliphatic rings. The zero-order chi connectivity index (χ0) is 27.7. The molecule has 0 bridgehead atoms. The van der Waals surface area contributed by atoms with Gasteiger partial charge in [-0.2, -0.15) is 15.1 Å². The summed E-state index contributed by atoms with van der Waals surface area (Å²) in [7, 11) is -2.98. The van der Waals surface area contributed by atoms with E-state index >= 15 is 0 Å². The average molecular weight is 577 g/mol. The van der Waals surface area contributed by atoms with Crippen LogP contribution in [0.3, 0.4) is 0 Å². The van der Waals surface area contributed by atoms with Gasteiger partial charge >= 0.3 is 13.7 Å². The number of fused-ring (bicyclic) bond motifs is 2. The molecule has 4 aromatic rings. The van der Waals surface area contributed by atoms with E-state index < -0.39 is 38.2 Å². The van der Waals surface area contributed by atoms with Crippen molar-refractivity contribution in [2.45, 2.75) is 37.8 Å². The molecule has 1 unspecified atom stereocenters.